The van der Waals surface area contributed by atoms with E-state index in [0.717, 1.165) is 36.9 Å². The van der Waals surface area contributed by atoms with Crippen molar-refractivity contribution in [2.24, 2.45) is 0 Å². The van der Waals surface area contributed by atoms with Crippen molar-refractivity contribution in [2.75, 3.05) is 18.0 Å². The first kappa shape index (κ1) is 10.4. The summed E-state index contributed by atoms with van der Waals surface area (Å²) < 4.78 is 4.35. The van der Waals surface area contributed by atoms with Crippen LogP contribution < -0.4 is 4.90 Å². The molecule has 0 spiro atoms. The zero-order valence-corrected chi connectivity index (χ0v) is 10.6. The second-order valence-electron chi connectivity index (χ2n) is 3.58. The third-order valence-corrected chi connectivity index (χ3v) is 3.89. The Kier molecular flexibility index (Phi) is 3.38. The summed E-state index contributed by atoms with van der Waals surface area (Å²) in [6, 6.07) is 0. The molecule has 1 aromatic rings. The number of alkyl halides is 1. The fourth-order valence-corrected chi connectivity index (χ4v) is 2.89. The number of hydrogen-bond acceptors (Lipinski definition) is 4. The predicted molar refractivity (Wildman–Crippen MR) is 63.4 cm³/mol. The van der Waals surface area contributed by atoms with Crippen LogP contribution in [0.2, 0.25) is 0 Å². The Bertz CT molecular complexity index is 302. The Labute approximate surface area is 96.8 Å². The van der Waals surface area contributed by atoms with Gasteiger partial charge in [-0.05, 0) is 12.8 Å². The van der Waals surface area contributed by atoms with E-state index >= 15 is 0 Å². The van der Waals surface area contributed by atoms with Gasteiger partial charge in [0.2, 0.25) is 5.13 Å². The first-order chi connectivity index (χ1) is 6.79. The van der Waals surface area contributed by atoms with Gasteiger partial charge < -0.3 is 4.90 Å². The molecule has 78 valence electrons. The number of anilines is 1. The summed E-state index contributed by atoms with van der Waals surface area (Å²) >= 11 is 5.16. The van der Waals surface area contributed by atoms with Crippen molar-refractivity contribution >= 4 is 32.6 Å². The molecule has 5 heteroatoms. The van der Waals surface area contributed by atoms with Crippen LogP contribution in [-0.2, 0) is 6.42 Å². The molecule has 2 rings (SSSR count). The van der Waals surface area contributed by atoms with Crippen LogP contribution in [0.25, 0.3) is 0 Å². The summed E-state index contributed by atoms with van der Waals surface area (Å²) in [5.74, 6) is 1.01. The molecule has 1 fully saturated rings. The lowest BCUT2D eigenvalue weighted by molar-refractivity contribution is 0.852. The van der Waals surface area contributed by atoms with Gasteiger partial charge in [0.05, 0.1) is 0 Å². The minimum absolute atomic E-state index is 0.626. The smallest absolute Gasteiger partial charge is 0.205 e. The minimum Gasteiger partial charge on any atom is -0.346 e. The van der Waals surface area contributed by atoms with Gasteiger partial charge >= 0.3 is 0 Å². The van der Waals surface area contributed by atoms with Crippen LogP contribution in [0.1, 0.15) is 25.6 Å². The third kappa shape index (κ3) is 2.25. The average Bonchev–Trinajstić information content (AvgIpc) is 2.74. The number of aromatic nitrogens is 2. The SMILES string of the molecule is CCCc1nsc(N2CCC(Br)C2)n1. The zero-order valence-electron chi connectivity index (χ0n) is 8.24. The van der Waals surface area contributed by atoms with Crippen molar-refractivity contribution in [3.05, 3.63) is 5.82 Å². The Hall–Kier alpha value is -0.160. The van der Waals surface area contributed by atoms with E-state index in [2.05, 4.69) is 37.1 Å². The molecular weight excluding hydrogens is 262 g/mol. The fraction of sp³-hybridized carbons (Fsp3) is 0.778. The van der Waals surface area contributed by atoms with Gasteiger partial charge in [0.25, 0.3) is 0 Å². The average molecular weight is 276 g/mol. The lowest BCUT2D eigenvalue weighted by atomic mass is 10.3. The molecule has 1 atom stereocenters. The zero-order chi connectivity index (χ0) is 9.97. The van der Waals surface area contributed by atoms with Gasteiger partial charge in [0.1, 0.15) is 5.82 Å². The number of aryl methyl sites for hydroxylation is 1. The van der Waals surface area contributed by atoms with Crippen LogP contribution in [0.4, 0.5) is 5.13 Å². The van der Waals surface area contributed by atoms with Crippen LogP contribution in [0, 0.1) is 0 Å². The van der Waals surface area contributed by atoms with Crippen molar-refractivity contribution < 1.29 is 0 Å². The normalized spacial score (nSPS) is 21.9. The highest BCUT2D eigenvalue weighted by Crippen LogP contribution is 2.25. The molecule has 3 nitrogen and oxygen atoms in total. The monoisotopic (exact) mass is 275 g/mol. The second-order valence-corrected chi connectivity index (χ2v) is 5.60. The molecule has 0 bridgehead atoms. The van der Waals surface area contributed by atoms with Crippen molar-refractivity contribution in [2.45, 2.75) is 31.0 Å². The minimum atomic E-state index is 0.626. The molecule has 2 heterocycles. The molecule has 1 unspecified atom stereocenters. The fourth-order valence-electron chi connectivity index (χ4n) is 1.59. The number of halogens is 1. The Morgan fingerprint density at radius 3 is 3.14 bits per heavy atom. The molecule has 0 N–H and O–H groups in total. The largest absolute Gasteiger partial charge is 0.346 e. The van der Waals surface area contributed by atoms with E-state index in [1.807, 2.05) is 0 Å². The highest BCUT2D eigenvalue weighted by atomic mass is 79.9. The van der Waals surface area contributed by atoms with Crippen molar-refractivity contribution in [1.82, 2.24) is 9.36 Å². The Balaban J connectivity index is 2.02. The van der Waals surface area contributed by atoms with Gasteiger partial charge in [0, 0.05) is 35.9 Å². The summed E-state index contributed by atoms with van der Waals surface area (Å²) in [4.78, 5) is 7.47. The number of nitrogens with zero attached hydrogens (tertiary/aromatic N) is 3. The highest BCUT2D eigenvalue weighted by molar-refractivity contribution is 9.09. The molecule has 0 amide bonds. The van der Waals surface area contributed by atoms with E-state index in [0.29, 0.717) is 4.83 Å². The van der Waals surface area contributed by atoms with Crippen LogP contribution in [0.5, 0.6) is 0 Å². The molecule has 1 aliphatic heterocycles. The molecule has 0 aliphatic carbocycles. The summed E-state index contributed by atoms with van der Waals surface area (Å²) in [6.07, 6.45) is 3.34. The summed E-state index contributed by atoms with van der Waals surface area (Å²) in [5, 5.41) is 1.09. The van der Waals surface area contributed by atoms with Crippen molar-refractivity contribution in [3.8, 4) is 0 Å². The van der Waals surface area contributed by atoms with Crippen molar-refractivity contribution in [1.29, 1.82) is 0 Å². The van der Waals surface area contributed by atoms with E-state index in [1.165, 1.54) is 18.0 Å². The lowest BCUT2D eigenvalue weighted by Crippen LogP contribution is -2.19. The maximum Gasteiger partial charge on any atom is 0.205 e. The van der Waals surface area contributed by atoms with Crippen molar-refractivity contribution in [3.63, 3.8) is 0 Å². The van der Waals surface area contributed by atoms with E-state index in [9.17, 15) is 0 Å². The predicted octanol–water partition coefficient (Wildman–Crippen LogP) is 2.46. The maximum absolute atomic E-state index is 4.53. The highest BCUT2D eigenvalue weighted by Gasteiger charge is 2.22. The van der Waals surface area contributed by atoms with E-state index in [4.69, 9.17) is 0 Å². The topological polar surface area (TPSA) is 29.0 Å². The second kappa shape index (κ2) is 4.57. The third-order valence-electron chi connectivity index (χ3n) is 2.33. The Morgan fingerprint density at radius 2 is 2.50 bits per heavy atom. The first-order valence-corrected chi connectivity index (χ1v) is 6.70. The van der Waals surface area contributed by atoms with Gasteiger partial charge in [-0.1, -0.05) is 22.9 Å². The Morgan fingerprint density at radius 1 is 1.64 bits per heavy atom. The molecule has 1 aliphatic rings. The molecule has 0 aromatic carbocycles. The van der Waals surface area contributed by atoms with Gasteiger partial charge in [0.15, 0.2) is 0 Å². The van der Waals surface area contributed by atoms with Gasteiger partial charge in [-0.3, -0.25) is 0 Å². The first-order valence-electron chi connectivity index (χ1n) is 5.01. The van der Waals surface area contributed by atoms with Gasteiger partial charge in [-0.2, -0.15) is 4.37 Å². The molecule has 1 aromatic heterocycles. The van der Waals surface area contributed by atoms with Gasteiger partial charge in [-0.15, -0.1) is 0 Å². The summed E-state index contributed by atoms with van der Waals surface area (Å²) in [7, 11) is 0. The lowest BCUT2D eigenvalue weighted by Gasteiger charge is -2.11. The van der Waals surface area contributed by atoms with Crippen LogP contribution in [-0.4, -0.2) is 27.3 Å². The summed E-state index contributed by atoms with van der Waals surface area (Å²) in [6.45, 7) is 4.34. The van der Waals surface area contributed by atoms with E-state index < -0.39 is 0 Å². The number of hydrogen-bond donors (Lipinski definition) is 0. The van der Waals surface area contributed by atoms with Crippen LogP contribution >= 0.6 is 27.5 Å². The summed E-state index contributed by atoms with van der Waals surface area (Å²) in [5.41, 5.74) is 0. The van der Waals surface area contributed by atoms with E-state index in [-0.39, 0.29) is 0 Å². The molecule has 14 heavy (non-hydrogen) atoms. The van der Waals surface area contributed by atoms with Gasteiger partial charge in [-0.25, -0.2) is 4.98 Å². The van der Waals surface area contributed by atoms with Crippen LogP contribution in [0.15, 0.2) is 0 Å². The molecule has 0 saturated carbocycles. The van der Waals surface area contributed by atoms with E-state index in [1.54, 1.807) is 0 Å². The quantitative estimate of drug-likeness (QED) is 0.794. The molecule has 0 radical (unpaired) electrons. The number of rotatable bonds is 3. The van der Waals surface area contributed by atoms with Crippen LogP contribution in [0.3, 0.4) is 0 Å². The standard InChI is InChI=1S/C9H14BrN3S/c1-2-3-8-11-9(14-12-8)13-5-4-7(10)6-13/h7H,2-6H2,1H3. The molecular formula is C9H14BrN3S. The molecule has 1 saturated heterocycles. The maximum atomic E-state index is 4.53.